The van der Waals surface area contributed by atoms with Crippen LogP contribution in [0.15, 0.2) is 18.3 Å². The number of pyridine rings is 1. The third-order valence-corrected chi connectivity index (χ3v) is 1.74. The van der Waals surface area contributed by atoms with Gasteiger partial charge in [-0.05, 0) is 12.1 Å². The average Bonchev–Trinajstić information content (AvgIpc) is 2.17. The topological polar surface area (TPSA) is 57.4 Å². The summed E-state index contributed by atoms with van der Waals surface area (Å²) in [5.41, 5.74) is 5.44. The largest absolute Gasteiger partial charge is 0.492 e. The molecule has 0 spiro atoms. The third-order valence-electron chi connectivity index (χ3n) is 1.74. The van der Waals surface area contributed by atoms with Crippen molar-refractivity contribution in [1.29, 1.82) is 0 Å². The Balaban J connectivity index is 2.34. The van der Waals surface area contributed by atoms with Crippen molar-refractivity contribution in [2.45, 2.75) is 6.92 Å². The van der Waals surface area contributed by atoms with Gasteiger partial charge in [0.15, 0.2) is 0 Å². The number of nitrogens with two attached hydrogens (primary N) is 1. The Hall–Kier alpha value is -1.29. The summed E-state index contributed by atoms with van der Waals surface area (Å²) in [6.45, 7) is 3.38. The fourth-order valence-corrected chi connectivity index (χ4v) is 1.05. The van der Waals surface area contributed by atoms with Crippen LogP contribution in [0.4, 0.5) is 5.82 Å². The van der Waals surface area contributed by atoms with E-state index in [-0.39, 0.29) is 0 Å². The number of nitrogens with zero attached hydrogens (tertiary/aromatic N) is 1. The van der Waals surface area contributed by atoms with Crippen molar-refractivity contribution < 1.29 is 9.47 Å². The van der Waals surface area contributed by atoms with E-state index in [9.17, 15) is 0 Å². The molecule has 0 aliphatic carbocycles. The van der Waals surface area contributed by atoms with Crippen LogP contribution in [0, 0.1) is 5.92 Å². The van der Waals surface area contributed by atoms with Crippen molar-refractivity contribution in [2.75, 3.05) is 26.1 Å². The van der Waals surface area contributed by atoms with Crippen LogP contribution in [0.5, 0.6) is 5.75 Å². The van der Waals surface area contributed by atoms with Crippen LogP contribution in [-0.4, -0.2) is 25.3 Å². The molecule has 1 heterocycles. The molecule has 4 heteroatoms. The Morgan fingerprint density at radius 3 is 2.79 bits per heavy atom. The zero-order valence-electron chi connectivity index (χ0n) is 8.56. The molecule has 0 saturated heterocycles. The van der Waals surface area contributed by atoms with Crippen molar-refractivity contribution in [2.24, 2.45) is 5.92 Å². The predicted octanol–water partition coefficient (Wildman–Crippen LogP) is 1.33. The number of hydrogen-bond donors (Lipinski definition) is 1. The molecule has 2 N–H and O–H groups in total. The first-order valence-electron chi connectivity index (χ1n) is 4.55. The van der Waals surface area contributed by atoms with Gasteiger partial charge < -0.3 is 15.2 Å². The molecule has 0 aliphatic rings. The molecular formula is C10H16N2O2. The first kappa shape index (κ1) is 10.8. The monoisotopic (exact) mass is 196 g/mol. The molecular weight excluding hydrogens is 180 g/mol. The molecule has 0 radical (unpaired) electrons. The highest BCUT2D eigenvalue weighted by molar-refractivity contribution is 5.32. The second-order valence-corrected chi connectivity index (χ2v) is 3.29. The van der Waals surface area contributed by atoms with E-state index in [1.807, 2.05) is 6.07 Å². The number of nitrogen functional groups attached to an aromatic ring is 1. The molecule has 0 aromatic carbocycles. The summed E-state index contributed by atoms with van der Waals surface area (Å²) in [6.07, 6.45) is 1.62. The summed E-state index contributed by atoms with van der Waals surface area (Å²) in [5.74, 6) is 1.61. The summed E-state index contributed by atoms with van der Waals surface area (Å²) in [7, 11) is 1.68. The summed E-state index contributed by atoms with van der Waals surface area (Å²) >= 11 is 0. The van der Waals surface area contributed by atoms with Crippen LogP contribution in [0.25, 0.3) is 0 Å². The van der Waals surface area contributed by atoms with E-state index in [1.165, 1.54) is 0 Å². The highest BCUT2D eigenvalue weighted by Gasteiger charge is 2.02. The Morgan fingerprint density at radius 2 is 2.21 bits per heavy atom. The van der Waals surface area contributed by atoms with Gasteiger partial charge in [0.1, 0.15) is 11.6 Å². The Bertz CT molecular complexity index is 261. The molecule has 0 unspecified atom stereocenters. The lowest BCUT2D eigenvalue weighted by atomic mass is 10.2. The minimum absolute atomic E-state index is 0.373. The maximum Gasteiger partial charge on any atom is 0.137 e. The van der Waals surface area contributed by atoms with Gasteiger partial charge in [-0.25, -0.2) is 4.98 Å². The van der Waals surface area contributed by atoms with Gasteiger partial charge in [0, 0.05) is 13.0 Å². The Morgan fingerprint density at radius 1 is 1.43 bits per heavy atom. The molecule has 1 rings (SSSR count). The van der Waals surface area contributed by atoms with Crippen molar-refractivity contribution in [3.05, 3.63) is 18.3 Å². The fourth-order valence-electron chi connectivity index (χ4n) is 1.05. The molecule has 1 aromatic rings. The van der Waals surface area contributed by atoms with E-state index in [0.29, 0.717) is 24.9 Å². The molecule has 0 aliphatic heterocycles. The number of aromatic nitrogens is 1. The molecule has 0 bridgehead atoms. The second-order valence-electron chi connectivity index (χ2n) is 3.29. The van der Waals surface area contributed by atoms with E-state index in [1.54, 1.807) is 19.4 Å². The van der Waals surface area contributed by atoms with Crippen molar-refractivity contribution in [3.63, 3.8) is 0 Å². The maximum atomic E-state index is 5.48. The van der Waals surface area contributed by atoms with Gasteiger partial charge in [-0.1, -0.05) is 6.92 Å². The lowest BCUT2D eigenvalue weighted by Gasteiger charge is -2.11. The second kappa shape index (κ2) is 5.44. The lowest BCUT2D eigenvalue weighted by molar-refractivity contribution is 0.127. The van der Waals surface area contributed by atoms with Gasteiger partial charge in [0.05, 0.1) is 19.4 Å². The van der Waals surface area contributed by atoms with E-state index in [0.717, 1.165) is 5.75 Å². The first-order chi connectivity index (χ1) is 6.72. The number of rotatable bonds is 5. The van der Waals surface area contributed by atoms with Gasteiger partial charge in [-0.2, -0.15) is 0 Å². The van der Waals surface area contributed by atoms with Gasteiger partial charge in [-0.15, -0.1) is 0 Å². The summed E-state index contributed by atoms with van der Waals surface area (Å²) in [6, 6.07) is 3.53. The Kier molecular flexibility index (Phi) is 4.19. The fraction of sp³-hybridized carbons (Fsp3) is 0.500. The molecule has 0 amide bonds. The van der Waals surface area contributed by atoms with Gasteiger partial charge in [0.25, 0.3) is 0 Å². The van der Waals surface area contributed by atoms with Crippen LogP contribution >= 0.6 is 0 Å². The van der Waals surface area contributed by atoms with Crippen molar-refractivity contribution in [3.8, 4) is 5.75 Å². The molecule has 78 valence electrons. The normalized spacial score (nSPS) is 12.4. The van der Waals surface area contributed by atoms with Gasteiger partial charge in [-0.3, -0.25) is 0 Å². The SMILES string of the molecule is COC[C@H](C)COc1ccc(N)nc1. The van der Waals surface area contributed by atoms with Gasteiger partial charge in [0.2, 0.25) is 0 Å². The molecule has 0 saturated carbocycles. The van der Waals surface area contributed by atoms with Crippen LogP contribution in [-0.2, 0) is 4.74 Å². The molecule has 4 nitrogen and oxygen atoms in total. The van der Waals surface area contributed by atoms with Crippen LogP contribution < -0.4 is 10.5 Å². The van der Waals surface area contributed by atoms with Gasteiger partial charge >= 0.3 is 0 Å². The summed E-state index contributed by atoms with van der Waals surface area (Å²) < 4.78 is 10.5. The van der Waals surface area contributed by atoms with E-state index >= 15 is 0 Å². The maximum absolute atomic E-state index is 5.48. The van der Waals surface area contributed by atoms with Crippen molar-refractivity contribution >= 4 is 5.82 Å². The van der Waals surface area contributed by atoms with Crippen LogP contribution in [0.3, 0.4) is 0 Å². The van der Waals surface area contributed by atoms with E-state index in [2.05, 4.69) is 11.9 Å². The molecule has 14 heavy (non-hydrogen) atoms. The number of ether oxygens (including phenoxy) is 2. The average molecular weight is 196 g/mol. The van der Waals surface area contributed by atoms with E-state index < -0.39 is 0 Å². The van der Waals surface area contributed by atoms with E-state index in [4.69, 9.17) is 15.2 Å². The molecule has 0 fully saturated rings. The predicted molar refractivity (Wildman–Crippen MR) is 55.2 cm³/mol. The third kappa shape index (κ3) is 3.62. The minimum atomic E-state index is 0.373. The zero-order valence-corrected chi connectivity index (χ0v) is 8.56. The highest BCUT2D eigenvalue weighted by Crippen LogP contribution is 2.11. The lowest BCUT2D eigenvalue weighted by Crippen LogP contribution is -2.13. The highest BCUT2D eigenvalue weighted by atomic mass is 16.5. The standard InChI is InChI=1S/C10H16N2O2/c1-8(6-13-2)7-14-9-3-4-10(11)12-5-9/h3-5,8H,6-7H2,1-2H3,(H2,11,12)/t8-/m0/s1. The number of methoxy groups -OCH3 is 1. The quantitative estimate of drug-likeness (QED) is 0.771. The molecule has 1 atom stereocenters. The Labute approximate surface area is 84.0 Å². The summed E-state index contributed by atoms with van der Waals surface area (Å²) in [4.78, 5) is 3.92. The minimum Gasteiger partial charge on any atom is -0.492 e. The summed E-state index contributed by atoms with van der Waals surface area (Å²) in [5, 5.41) is 0. The first-order valence-corrected chi connectivity index (χ1v) is 4.55. The zero-order chi connectivity index (χ0) is 10.4. The van der Waals surface area contributed by atoms with Crippen LogP contribution in [0.2, 0.25) is 0 Å². The van der Waals surface area contributed by atoms with Crippen LogP contribution in [0.1, 0.15) is 6.92 Å². The number of anilines is 1. The smallest absolute Gasteiger partial charge is 0.137 e. The van der Waals surface area contributed by atoms with Crippen molar-refractivity contribution in [1.82, 2.24) is 4.98 Å². The number of hydrogen-bond acceptors (Lipinski definition) is 4. The molecule has 1 aromatic heterocycles.